The minimum absolute atomic E-state index is 0.399. The maximum Gasteiger partial charge on any atom is 0.324 e. The van der Waals surface area contributed by atoms with E-state index in [1.807, 2.05) is 0 Å². The van der Waals surface area contributed by atoms with Gasteiger partial charge in [0.2, 0.25) is 0 Å². The maximum absolute atomic E-state index is 12.5. The zero-order chi connectivity index (χ0) is 21.3. The number of carbonyl (C=O) groups is 2. The van der Waals surface area contributed by atoms with Gasteiger partial charge in [0.25, 0.3) is 5.91 Å². The molecule has 2 heterocycles. The van der Waals surface area contributed by atoms with Gasteiger partial charge in [0.15, 0.2) is 0 Å². The molecule has 4 N–H and O–H groups in total. The molecule has 8 heteroatoms. The van der Waals surface area contributed by atoms with Crippen molar-refractivity contribution in [2.24, 2.45) is 11.7 Å². The number of likely N-dealkylation sites (N-methyl/N-ethyl adjacent to an activating group) is 1. The summed E-state index contributed by atoms with van der Waals surface area (Å²) in [6, 6.07) is 6.47. The van der Waals surface area contributed by atoms with Crippen LogP contribution < -0.4 is 16.4 Å². The zero-order valence-corrected chi connectivity index (χ0v) is 18.7. The molecule has 0 spiro atoms. The van der Waals surface area contributed by atoms with Crippen molar-refractivity contribution in [1.29, 1.82) is 0 Å². The smallest absolute Gasteiger partial charge is 0.324 e. The van der Waals surface area contributed by atoms with Crippen LogP contribution in [-0.4, -0.2) is 36.1 Å². The number of quaternary nitrogens is 1. The molecule has 1 aromatic carbocycles. The van der Waals surface area contributed by atoms with Crippen LogP contribution in [-0.2, 0) is 13.0 Å². The van der Waals surface area contributed by atoms with E-state index in [1.54, 1.807) is 24.3 Å². The molecule has 160 valence electrons. The van der Waals surface area contributed by atoms with Gasteiger partial charge in [0, 0.05) is 23.0 Å². The van der Waals surface area contributed by atoms with Crippen molar-refractivity contribution in [3.05, 3.63) is 45.3 Å². The summed E-state index contributed by atoms with van der Waals surface area (Å²) < 4.78 is 1.06. The quantitative estimate of drug-likeness (QED) is 0.553. The number of hydrogen-bond donors (Lipinski definition) is 3. The number of rotatable bonds is 6. The number of nitrogens with two attached hydrogens (primary N) is 1. The fourth-order valence-corrected chi connectivity index (χ4v) is 6.07. The van der Waals surface area contributed by atoms with Gasteiger partial charge < -0.3 is 15.5 Å². The van der Waals surface area contributed by atoms with E-state index >= 15 is 0 Å². The van der Waals surface area contributed by atoms with Crippen LogP contribution in [0.25, 0.3) is 0 Å². The molecule has 0 saturated heterocycles. The van der Waals surface area contributed by atoms with Crippen LogP contribution in [0.5, 0.6) is 0 Å². The summed E-state index contributed by atoms with van der Waals surface area (Å²) in [5.41, 5.74) is 7.83. The van der Waals surface area contributed by atoms with E-state index in [2.05, 4.69) is 17.6 Å². The number of hydrogen-bond acceptors (Lipinski definition) is 3. The molecule has 2 aromatic rings. The first-order valence-corrected chi connectivity index (χ1v) is 11.7. The van der Waals surface area contributed by atoms with E-state index in [1.165, 1.54) is 42.0 Å². The summed E-state index contributed by atoms with van der Waals surface area (Å²) in [5.74, 6) is 0.342. The number of benzene rings is 1. The molecule has 2 aliphatic rings. The van der Waals surface area contributed by atoms with Crippen molar-refractivity contribution >= 4 is 45.6 Å². The molecule has 1 fully saturated rings. The number of nitrogens with zero attached hydrogens (tertiary/aromatic N) is 1. The van der Waals surface area contributed by atoms with Gasteiger partial charge in [-0.2, -0.15) is 0 Å². The van der Waals surface area contributed by atoms with E-state index in [0.29, 0.717) is 21.3 Å². The van der Waals surface area contributed by atoms with Crippen LogP contribution in [0.3, 0.4) is 0 Å². The summed E-state index contributed by atoms with van der Waals surface area (Å²) in [4.78, 5) is 25.9. The van der Waals surface area contributed by atoms with Crippen LogP contribution in [0.2, 0.25) is 5.02 Å². The number of anilines is 2. The maximum atomic E-state index is 12.5. The summed E-state index contributed by atoms with van der Waals surface area (Å²) >= 11 is 7.38. The second kappa shape index (κ2) is 8.57. The van der Waals surface area contributed by atoms with Gasteiger partial charge in [-0.15, -0.1) is 11.3 Å². The average Bonchev–Trinajstić information content (AvgIpc) is 3.03. The first-order valence-electron chi connectivity index (χ1n) is 10.5. The highest BCUT2D eigenvalue weighted by Crippen LogP contribution is 2.41. The molecule has 1 aromatic heterocycles. The summed E-state index contributed by atoms with van der Waals surface area (Å²) in [6.07, 6.45) is 4.84. The molecule has 4 rings (SSSR count). The average molecular weight is 448 g/mol. The van der Waals surface area contributed by atoms with Crippen LogP contribution in [0, 0.1) is 5.92 Å². The number of thiophene rings is 1. The molecular weight excluding hydrogens is 420 g/mol. The number of nitrogens with one attached hydrogen (secondary N) is 2. The molecule has 0 radical (unpaired) electrons. The standard InChI is InChI=1S/C22H27ClN4O2S/c1-2-27(12-14-4-3-5-14)11-10-17-18(13-27)30-21(19(17)20(24)28)26-22(29)25-16-8-6-15(23)7-9-16/h6-9,14H,2-5,10-13H2,1H3,(H3-,24,25,26,28,29)/p+1. The molecule has 1 aliphatic carbocycles. The van der Waals surface area contributed by atoms with Gasteiger partial charge >= 0.3 is 6.03 Å². The molecule has 30 heavy (non-hydrogen) atoms. The number of urea groups is 1. The Labute approximate surface area is 186 Å². The Morgan fingerprint density at radius 3 is 2.57 bits per heavy atom. The van der Waals surface area contributed by atoms with Crippen molar-refractivity contribution in [2.75, 3.05) is 30.3 Å². The Morgan fingerprint density at radius 1 is 1.23 bits per heavy atom. The molecule has 1 saturated carbocycles. The van der Waals surface area contributed by atoms with Crippen LogP contribution in [0.15, 0.2) is 24.3 Å². The number of fused-ring (bicyclic) bond motifs is 1. The van der Waals surface area contributed by atoms with Gasteiger partial charge in [-0.1, -0.05) is 18.0 Å². The monoisotopic (exact) mass is 447 g/mol. The summed E-state index contributed by atoms with van der Waals surface area (Å²) in [5, 5.41) is 6.76. The fourth-order valence-electron chi connectivity index (χ4n) is 4.56. The lowest BCUT2D eigenvalue weighted by Crippen LogP contribution is -2.54. The van der Waals surface area contributed by atoms with Crippen LogP contribution in [0.4, 0.5) is 15.5 Å². The number of carbonyl (C=O) groups excluding carboxylic acids is 2. The van der Waals surface area contributed by atoms with E-state index in [9.17, 15) is 9.59 Å². The number of halogens is 1. The van der Waals surface area contributed by atoms with Gasteiger partial charge in [-0.25, -0.2) is 4.79 Å². The third-order valence-electron chi connectivity index (χ3n) is 6.52. The predicted molar refractivity (Wildman–Crippen MR) is 122 cm³/mol. The third-order valence-corrected chi connectivity index (χ3v) is 7.91. The van der Waals surface area contributed by atoms with E-state index in [0.717, 1.165) is 42.0 Å². The fraction of sp³-hybridized carbons (Fsp3) is 0.455. The highest BCUT2D eigenvalue weighted by Gasteiger charge is 2.39. The Balaban J connectivity index is 1.53. The lowest BCUT2D eigenvalue weighted by atomic mass is 9.83. The van der Waals surface area contributed by atoms with Gasteiger partial charge in [0.1, 0.15) is 11.5 Å². The van der Waals surface area contributed by atoms with Crippen molar-refractivity contribution in [1.82, 2.24) is 0 Å². The van der Waals surface area contributed by atoms with E-state index in [4.69, 9.17) is 17.3 Å². The van der Waals surface area contributed by atoms with Gasteiger partial charge in [-0.3, -0.25) is 10.1 Å². The molecule has 1 aliphatic heterocycles. The first kappa shape index (κ1) is 21.2. The van der Waals surface area contributed by atoms with Crippen molar-refractivity contribution in [2.45, 2.75) is 39.2 Å². The van der Waals surface area contributed by atoms with E-state index < -0.39 is 11.9 Å². The Hall–Kier alpha value is -2.09. The second-order valence-corrected chi connectivity index (χ2v) is 9.97. The summed E-state index contributed by atoms with van der Waals surface area (Å²) in [6.45, 7) is 6.48. The van der Waals surface area contributed by atoms with Crippen LogP contribution in [0.1, 0.15) is 47.0 Å². The van der Waals surface area contributed by atoms with Crippen LogP contribution >= 0.6 is 22.9 Å². The first-order chi connectivity index (χ1) is 14.4. The third kappa shape index (κ3) is 4.33. The normalized spacial score (nSPS) is 20.9. The minimum atomic E-state index is -0.482. The van der Waals surface area contributed by atoms with Crippen molar-refractivity contribution < 1.29 is 14.1 Å². The molecule has 6 nitrogen and oxygen atoms in total. The van der Waals surface area contributed by atoms with E-state index in [-0.39, 0.29) is 0 Å². The Bertz CT molecular complexity index is 955. The lowest BCUT2D eigenvalue weighted by Gasteiger charge is -2.44. The van der Waals surface area contributed by atoms with Crippen molar-refractivity contribution in [3.63, 3.8) is 0 Å². The summed E-state index contributed by atoms with van der Waals surface area (Å²) in [7, 11) is 0. The predicted octanol–water partition coefficient (Wildman–Crippen LogP) is 4.84. The lowest BCUT2D eigenvalue weighted by molar-refractivity contribution is -0.944. The topological polar surface area (TPSA) is 84.2 Å². The highest BCUT2D eigenvalue weighted by molar-refractivity contribution is 7.17. The number of amides is 3. The number of primary amides is 1. The Kier molecular flexibility index (Phi) is 6.04. The molecule has 1 atom stereocenters. The zero-order valence-electron chi connectivity index (χ0n) is 17.2. The molecule has 1 unspecified atom stereocenters. The highest BCUT2D eigenvalue weighted by atomic mass is 35.5. The molecular formula is C22H28ClN4O2S+. The molecule has 3 amide bonds. The van der Waals surface area contributed by atoms with Gasteiger partial charge in [0.05, 0.1) is 30.1 Å². The minimum Gasteiger partial charge on any atom is -0.365 e. The largest absolute Gasteiger partial charge is 0.365 e. The SMILES string of the molecule is CC[N+]1(CC2CCC2)CCc2c(sc(NC(=O)Nc3ccc(Cl)cc3)c2C(N)=O)C1. The molecule has 0 bridgehead atoms. The van der Waals surface area contributed by atoms with Gasteiger partial charge in [-0.05, 0) is 49.6 Å². The second-order valence-electron chi connectivity index (χ2n) is 8.43. The Morgan fingerprint density at radius 2 is 1.97 bits per heavy atom. The van der Waals surface area contributed by atoms with Crippen molar-refractivity contribution in [3.8, 4) is 0 Å².